The first kappa shape index (κ1) is 20.5. The highest BCUT2D eigenvalue weighted by molar-refractivity contribution is 5.68. The average molecular weight is 336 g/mol. The Labute approximate surface area is 145 Å². The van der Waals surface area contributed by atoms with Gasteiger partial charge in [-0.25, -0.2) is 4.79 Å². The van der Waals surface area contributed by atoms with Crippen LogP contribution in [-0.4, -0.2) is 42.0 Å². The maximum Gasteiger partial charge on any atom is 0.407 e. The van der Waals surface area contributed by atoms with Gasteiger partial charge in [-0.1, -0.05) is 43.7 Å². The van der Waals surface area contributed by atoms with Gasteiger partial charge in [-0.2, -0.15) is 0 Å². The van der Waals surface area contributed by atoms with Gasteiger partial charge in [0.05, 0.1) is 12.1 Å². The molecule has 0 fully saturated rings. The molecule has 0 saturated carbocycles. The van der Waals surface area contributed by atoms with Gasteiger partial charge in [0.2, 0.25) is 0 Å². The molecule has 5 heteroatoms. The highest BCUT2D eigenvalue weighted by Gasteiger charge is 2.24. The monoisotopic (exact) mass is 336 g/mol. The Bertz CT molecular complexity index is 471. The fraction of sp³-hybridized carbons (Fsp3) is 0.632. The summed E-state index contributed by atoms with van der Waals surface area (Å²) in [6.45, 7) is 8.89. The van der Waals surface area contributed by atoms with Crippen LogP contribution in [-0.2, 0) is 11.2 Å². The van der Waals surface area contributed by atoms with Crippen LogP contribution in [0.1, 0.15) is 46.1 Å². The van der Waals surface area contributed by atoms with E-state index in [9.17, 15) is 9.90 Å². The largest absolute Gasteiger partial charge is 0.444 e. The standard InChI is InChI=1S/C19H32N2O3/c1-5-6-12-20-14-17(22)16(13-15-10-8-7-9-11-15)21-18(23)24-19(2,3)4/h7-11,16-17,20,22H,5-6,12-14H2,1-4H3,(H,21,23). The van der Waals surface area contributed by atoms with E-state index in [1.165, 1.54) is 0 Å². The third-order valence-electron chi connectivity index (χ3n) is 3.53. The Morgan fingerprint density at radius 2 is 1.92 bits per heavy atom. The van der Waals surface area contributed by atoms with Gasteiger partial charge in [0, 0.05) is 6.54 Å². The fourth-order valence-corrected chi connectivity index (χ4v) is 2.30. The number of carbonyl (C=O) groups excluding carboxylic acids is 1. The number of carbonyl (C=O) groups is 1. The number of aliphatic hydroxyl groups is 1. The van der Waals surface area contributed by atoms with Gasteiger partial charge in [0.25, 0.3) is 0 Å². The van der Waals surface area contributed by atoms with Gasteiger partial charge < -0.3 is 20.5 Å². The van der Waals surface area contributed by atoms with E-state index in [-0.39, 0.29) is 0 Å². The number of ether oxygens (including phenoxy) is 1. The van der Waals surface area contributed by atoms with Gasteiger partial charge in [-0.05, 0) is 45.7 Å². The summed E-state index contributed by atoms with van der Waals surface area (Å²) in [4.78, 5) is 12.1. The van der Waals surface area contributed by atoms with Gasteiger partial charge in [-0.15, -0.1) is 0 Å². The molecule has 1 rings (SSSR count). The van der Waals surface area contributed by atoms with Crippen LogP contribution >= 0.6 is 0 Å². The molecule has 1 aromatic rings. The zero-order valence-electron chi connectivity index (χ0n) is 15.3. The molecule has 0 spiro atoms. The molecule has 3 N–H and O–H groups in total. The average Bonchev–Trinajstić information content (AvgIpc) is 2.50. The molecule has 0 radical (unpaired) electrons. The molecule has 1 amide bonds. The Kier molecular flexibility index (Phi) is 8.79. The zero-order valence-corrected chi connectivity index (χ0v) is 15.3. The van der Waals surface area contributed by atoms with Crippen molar-refractivity contribution >= 4 is 6.09 Å². The van der Waals surface area contributed by atoms with E-state index in [1.807, 2.05) is 51.1 Å². The second-order valence-corrected chi connectivity index (χ2v) is 7.07. The molecular formula is C19H32N2O3. The Hall–Kier alpha value is -1.59. The summed E-state index contributed by atoms with van der Waals surface area (Å²) in [5, 5.41) is 16.5. The maximum absolute atomic E-state index is 12.1. The quantitative estimate of drug-likeness (QED) is 0.607. The Morgan fingerprint density at radius 3 is 2.50 bits per heavy atom. The minimum absolute atomic E-state index is 0.406. The molecule has 5 nitrogen and oxygen atoms in total. The number of rotatable bonds is 9. The summed E-state index contributed by atoms with van der Waals surface area (Å²) in [5.74, 6) is 0. The number of alkyl carbamates (subject to hydrolysis) is 1. The molecule has 136 valence electrons. The SMILES string of the molecule is CCCCNCC(O)C(Cc1ccccc1)NC(=O)OC(C)(C)C. The van der Waals surface area contributed by atoms with Crippen LogP contribution in [0.3, 0.4) is 0 Å². The lowest BCUT2D eigenvalue weighted by Crippen LogP contribution is -2.50. The lowest BCUT2D eigenvalue weighted by atomic mass is 10.0. The van der Waals surface area contributed by atoms with Crippen molar-refractivity contribution in [2.45, 2.75) is 64.7 Å². The first-order valence-electron chi connectivity index (χ1n) is 8.74. The Balaban J connectivity index is 2.65. The molecule has 0 heterocycles. The van der Waals surface area contributed by atoms with E-state index in [0.717, 1.165) is 24.9 Å². The first-order chi connectivity index (χ1) is 11.3. The number of amides is 1. The van der Waals surface area contributed by atoms with Crippen molar-refractivity contribution in [3.8, 4) is 0 Å². The number of aliphatic hydroxyl groups excluding tert-OH is 1. The van der Waals surface area contributed by atoms with Crippen LogP contribution in [0.5, 0.6) is 0 Å². The van der Waals surface area contributed by atoms with E-state index in [0.29, 0.717) is 13.0 Å². The van der Waals surface area contributed by atoms with Crippen molar-refractivity contribution in [2.75, 3.05) is 13.1 Å². The highest BCUT2D eigenvalue weighted by atomic mass is 16.6. The van der Waals surface area contributed by atoms with Gasteiger partial charge in [0.15, 0.2) is 0 Å². The smallest absolute Gasteiger partial charge is 0.407 e. The van der Waals surface area contributed by atoms with Crippen molar-refractivity contribution in [1.82, 2.24) is 10.6 Å². The van der Waals surface area contributed by atoms with Crippen molar-refractivity contribution < 1.29 is 14.6 Å². The van der Waals surface area contributed by atoms with Crippen LogP contribution < -0.4 is 10.6 Å². The first-order valence-corrected chi connectivity index (χ1v) is 8.74. The number of hydrogen-bond donors (Lipinski definition) is 3. The van der Waals surface area contributed by atoms with Crippen LogP contribution in [0.25, 0.3) is 0 Å². The second-order valence-electron chi connectivity index (χ2n) is 7.07. The molecule has 0 aliphatic rings. The normalized spacial score (nSPS) is 14.0. The third kappa shape index (κ3) is 8.89. The van der Waals surface area contributed by atoms with Crippen molar-refractivity contribution in [3.63, 3.8) is 0 Å². The molecule has 0 saturated heterocycles. The summed E-state index contributed by atoms with van der Waals surface area (Å²) >= 11 is 0. The van der Waals surface area contributed by atoms with Crippen LogP contribution in [0.4, 0.5) is 4.79 Å². The number of nitrogens with one attached hydrogen (secondary N) is 2. The molecular weight excluding hydrogens is 304 g/mol. The molecule has 0 aromatic heterocycles. The lowest BCUT2D eigenvalue weighted by molar-refractivity contribution is 0.0422. The third-order valence-corrected chi connectivity index (χ3v) is 3.53. The van der Waals surface area contributed by atoms with Crippen LogP contribution in [0, 0.1) is 0 Å². The van der Waals surface area contributed by atoms with Crippen molar-refractivity contribution in [3.05, 3.63) is 35.9 Å². The van der Waals surface area contributed by atoms with Crippen LogP contribution in [0.15, 0.2) is 30.3 Å². The van der Waals surface area contributed by atoms with Crippen LogP contribution in [0.2, 0.25) is 0 Å². The lowest BCUT2D eigenvalue weighted by Gasteiger charge is -2.27. The van der Waals surface area contributed by atoms with E-state index in [1.54, 1.807) is 0 Å². The summed E-state index contributed by atoms with van der Waals surface area (Å²) in [7, 11) is 0. The summed E-state index contributed by atoms with van der Waals surface area (Å²) < 4.78 is 5.32. The van der Waals surface area contributed by atoms with Gasteiger partial charge >= 0.3 is 6.09 Å². The number of hydrogen-bond acceptors (Lipinski definition) is 4. The fourth-order valence-electron chi connectivity index (χ4n) is 2.30. The zero-order chi connectivity index (χ0) is 18.0. The van der Waals surface area contributed by atoms with E-state index in [2.05, 4.69) is 17.6 Å². The molecule has 1 aromatic carbocycles. The van der Waals surface area contributed by atoms with E-state index in [4.69, 9.17) is 4.74 Å². The predicted octanol–water partition coefficient (Wildman–Crippen LogP) is 2.87. The topological polar surface area (TPSA) is 70.6 Å². The summed E-state index contributed by atoms with van der Waals surface area (Å²) in [6.07, 6.45) is 1.53. The van der Waals surface area contributed by atoms with Crippen molar-refractivity contribution in [2.24, 2.45) is 0 Å². The van der Waals surface area contributed by atoms with E-state index >= 15 is 0 Å². The minimum Gasteiger partial charge on any atom is -0.444 e. The molecule has 2 unspecified atom stereocenters. The van der Waals surface area contributed by atoms with E-state index < -0.39 is 23.8 Å². The summed E-state index contributed by atoms with van der Waals surface area (Å²) in [6, 6.07) is 9.42. The van der Waals surface area contributed by atoms with Gasteiger partial charge in [-0.3, -0.25) is 0 Å². The minimum atomic E-state index is -0.686. The number of unbranched alkanes of at least 4 members (excludes halogenated alkanes) is 1. The molecule has 24 heavy (non-hydrogen) atoms. The second kappa shape index (κ2) is 10.3. The Morgan fingerprint density at radius 1 is 1.25 bits per heavy atom. The van der Waals surface area contributed by atoms with Crippen molar-refractivity contribution in [1.29, 1.82) is 0 Å². The molecule has 0 bridgehead atoms. The summed E-state index contributed by atoms with van der Waals surface area (Å²) in [5.41, 5.74) is 0.497. The molecule has 2 atom stereocenters. The molecule has 0 aliphatic carbocycles. The molecule has 0 aliphatic heterocycles. The maximum atomic E-state index is 12.1. The predicted molar refractivity (Wildman–Crippen MR) is 97.1 cm³/mol. The number of benzene rings is 1. The van der Waals surface area contributed by atoms with Gasteiger partial charge in [0.1, 0.15) is 5.60 Å². The highest BCUT2D eigenvalue weighted by Crippen LogP contribution is 2.10.